The quantitative estimate of drug-likeness (QED) is 0.811. The second-order valence-corrected chi connectivity index (χ2v) is 7.58. The van der Waals surface area contributed by atoms with Crippen molar-refractivity contribution in [2.75, 3.05) is 31.7 Å². The van der Waals surface area contributed by atoms with Crippen LogP contribution in [0, 0.1) is 12.8 Å². The Morgan fingerprint density at radius 1 is 1.25 bits per heavy atom. The molecule has 0 bridgehead atoms. The van der Waals surface area contributed by atoms with Gasteiger partial charge in [0.2, 0.25) is 6.79 Å². The van der Waals surface area contributed by atoms with Crippen LogP contribution >= 0.6 is 11.5 Å². The van der Waals surface area contributed by atoms with E-state index in [1.165, 1.54) is 0 Å². The van der Waals surface area contributed by atoms with E-state index in [0.717, 1.165) is 24.4 Å². The van der Waals surface area contributed by atoms with Gasteiger partial charge in [-0.15, -0.1) is 5.10 Å². The molecule has 0 unspecified atom stereocenters. The van der Waals surface area contributed by atoms with E-state index < -0.39 is 0 Å². The third kappa shape index (κ3) is 4.01. The lowest BCUT2D eigenvalue weighted by atomic mass is 9.96. The van der Waals surface area contributed by atoms with E-state index in [1.54, 1.807) is 25.1 Å². The first kappa shape index (κ1) is 18.5. The third-order valence-corrected chi connectivity index (χ3v) is 5.75. The van der Waals surface area contributed by atoms with Gasteiger partial charge in [0.25, 0.3) is 5.91 Å². The number of urea groups is 1. The molecule has 2 aliphatic rings. The van der Waals surface area contributed by atoms with Crippen LogP contribution in [0.3, 0.4) is 0 Å². The summed E-state index contributed by atoms with van der Waals surface area (Å²) in [6.45, 7) is 3.91. The number of aromatic nitrogens is 2. The molecule has 0 aliphatic carbocycles. The molecule has 0 saturated carbocycles. The zero-order valence-corrected chi connectivity index (χ0v) is 16.3. The van der Waals surface area contributed by atoms with Crippen LogP contribution in [0.25, 0.3) is 0 Å². The van der Waals surface area contributed by atoms with Crippen molar-refractivity contribution in [3.05, 3.63) is 28.8 Å². The first-order valence-electron chi connectivity index (χ1n) is 9.13. The number of ether oxygens (including phenoxy) is 2. The number of aryl methyl sites for hydroxylation is 1. The molecule has 2 aliphatic heterocycles. The standard InChI is InChI=1S/C18H21N5O4S/c1-11-16(28-22-21-11)17(24)23-6-4-12(5-7-23)9-19-18(25)20-13-2-3-14-15(8-13)27-10-26-14/h2-3,8,12H,4-7,9-10H2,1H3,(H2,19,20,25). The number of anilines is 1. The van der Waals surface area contributed by atoms with Gasteiger partial charge in [0.15, 0.2) is 11.5 Å². The van der Waals surface area contributed by atoms with E-state index >= 15 is 0 Å². The van der Waals surface area contributed by atoms with Crippen LogP contribution in [-0.4, -0.2) is 52.9 Å². The van der Waals surface area contributed by atoms with Crippen LogP contribution in [0.2, 0.25) is 0 Å². The minimum atomic E-state index is -0.260. The molecule has 28 heavy (non-hydrogen) atoms. The lowest BCUT2D eigenvalue weighted by molar-refractivity contribution is 0.0694. The molecule has 3 amide bonds. The van der Waals surface area contributed by atoms with E-state index in [-0.39, 0.29) is 18.7 Å². The highest BCUT2D eigenvalue weighted by Crippen LogP contribution is 2.34. The Balaban J connectivity index is 1.21. The molecule has 4 rings (SSSR count). The Labute approximate surface area is 166 Å². The number of rotatable bonds is 4. The highest BCUT2D eigenvalue weighted by Gasteiger charge is 2.26. The largest absolute Gasteiger partial charge is 0.454 e. The van der Waals surface area contributed by atoms with E-state index in [2.05, 4.69) is 20.2 Å². The summed E-state index contributed by atoms with van der Waals surface area (Å²) in [6, 6.07) is 5.02. The maximum absolute atomic E-state index is 12.5. The number of carbonyl (C=O) groups excluding carboxylic acids is 2. The second-order valence-electron chi connectivity index (χ2n) is 6.83. The predicted octanol–water partition coefficient (Wildman–Crippen LogP) is 2.25. The van der Waals surface area contributed by atoms with Crippen molar-refractivity contribution in [1.82, 2.24) is 19.8 Å². The number of hydrogen-bond acceptors (Lipinski definition) is 7. The second kappa shape index (κ2) is 8.01. The molecule has 1 aromatic carbocycles. The van der Waals surface area contributed by atoms with Crippen LogP contribution < -0.4 is 20.1 Å². The van der Waals surface area contributed by atoms with Crippen molar-refractivity contribution in [3.8, 4) is 11.5 Å². The summed E-state index contributed by atoms with van der Waals surface area (Å²) in [4.78, 5) is 27.1. The van der Waals surface area contributed by atoms with Crippen LogP contribution in [0.15, 0.2) is 18.2 Å². The summed E-state index contributed by atoms with van der Waals surface area (Å²) in [6.07, 6.45) is 1.70. The van der Waals surface area contributed by atoms with Crippen molar-refractivity contribution in [3.63, 3.8) is 0 Å². The van der Waals surface area contributed by atoms with Crippen molar-refractivity contribution >= 4 is 29.2 Å². The third-order valence-electron chi connectivity index (χ3n) is 4.93. The number of benzene rings is 1. The van der Waals surface area contributed by atoms with Crippen molar-refractivity contribution < 1.29 is 19.1 Å². The van der Waals surface area contributed by atoms with E-state index in [1.807, 2.05) is 4.90 Å². The van der Waals surface area contributed by atoms with Gasteiger partial charge in [-0.2, -0.15) is 0 Å². The molecule has 10 heteroatoms. The summed E-state index contributed by atoms with van der Waals surface area (Å²) in [5.41, 5.74) is 1.33. The van der Waals surface area contributed by atoms with Gasteiger partial charge in [-0.1, -0.05) is 4.49 Å². The Bertz CT molecular complexity index is 879. The molecule has 148 valence electrons. The number of amides is 3. The van der Waals surface area contributed by atoms with E-state index in [4.69, 9.17) is 9.47 Å². The van der Waals surface area contributed by atoms with Gasteiger partial charge in [0.05, 0.1) is 5.69 Å². The zero-order valence-electron chi connectivity index (χ0n) is 15.4. The van der Waals surface area contributed by atoms with Gasteiger partial charge < -0.3 is 25.0 Å². The number of carbonyl (C=O) groups is 2. The predicted molar refractivity (Wildman–Crippen MR) is 103 cm³/mol. The minimum Gasteiger partial charge on any atom is -0.454 e. The maximum Gasteiger partial charge on any atom is 0.319 e. The topological polar surface area (TPSA) is 106 Å². The SMILES string of the molecule is Cc1nnsc1C(=O)N1CCC(CNC(=O)Nc2ccc3c(c2)OCO3)CC1. The van der Waals surface area contributed by atoms with Crippen molar-refractivity contribution in [1.29, 1.82) is 0 Å². The van der Waals surface area contributed by atoms with Crippen LogP contribution in [0.4, 0.5) is 10.5 Å². The molecule has 0 spiro atoms. The molecule has 2 aromatic rings. The van der Waals surface area contributed by atoms with Gasteiger partial charge >= 0.3 is 6.03 Å². The summed E-state index contributed by atoms with van der Waals surface area (Å²) in [5.74, 6) is 1.64. The van der Waals surface area contributed by atoms with Gasteiger partial charge in [-0.05, 0) is 49.3 Å². The molecule has 1 fully saturated rings. The summed E-state index contributed by atoms with van der Waals surface area (Å²) >= 11 is 1.14. The number of nitrogens with zero attached hydrogens (tertiary/aromatic N) is 3. The smallest absolute Gasteiger partial charge is 0.319 e. The van der Waals surface area contributed by atoms with Gasteiger partial charge in [0, 0.05) is 31.4 Å². The Morgan fingerprint density at radius 2 is 2.04 bits per heavy atom. The number of fused-ring (bicyclic) bond motifs is 1. The molecule has 1 aromatic heterocycles. The van der Waals surface area contributed by atoms with Gasteiger partial charge in [0.1, 0.15) is 4.88 Å². The molecule has 0 radical (unpaired) electrons. The number of piperidine rings is 1. The molecular formula is C18H21N5O4S. The fraction of sp³-hybridized carbons (Fsp3) is 0.444. The van der Waals surface area contributed by atoms with Gasteiger partial charge in [-0.3, -0.25) is 4.79 Å². The summed E-state index contributed by atoms with van der Waals surface area (Å²) < 4.78 is 14.4. The Morgan fingerprint density at radius 3 is 2.79 bits per heavy atom. The molecular weight excluding hydrogens is 382 g/mol. The highest BCUT2D eigenvalue weighted by atomic mass is 32.1. The normalized spacial score (nSPS) is 16.1. The summed E-state index contributed by atoms with van der Waals surface area (Å²) in [7, 11) is 0. The maximum atomic E-state index is 12.5. The molecule has 1 saturated heterocycles. The molecule has 2 N–H and O–H groups in total. The Hall–Kier alpha value is -2.88. The average molecular weight is 403 g/mol. The first-order valence-corrected chi connectivity index (χ1v) is 9.90. The van der Waals surface area contributed by atoms with Crippen molar-refractivity contribution in [2.45, 2.75) is 19.8 Å². The zero-order chi connectivity index (χ0) is 19.5. The average Bonchev–Trinajstić information content (AvgIpc) is 3.34. The first-order chi connectivity index (χ1) is 13.6. The Kier molecular flexibility index (Phi) is 5.29. The fourth-order valence-corrected chi connectivity index (χ4v) is 3.92. The molecule has 9 nitrogen and oxygen atoms in total. The molecule has 3 heterocycles. The van der Waals surface area contributed by atoms with E-state index in [9.17, 15) is 9.59 Å². The highest BCUT2D eigenvalue weighted by molar-refractivity contribution is 7.07. The monoisotopic (exact) mass is 403 g/mol. The number of likely N-dealkylation sites (tertiary alicyclic amines) is 1. The number of nitrogens with one attached hydrogen (secondary N) is 2. The van der Waals surface area contributed by atoms with Crippen LogP contribution in [0.5, 0.6) is 11.5 Å². The lowest BCUT2D eigenvalue weighted by Gasteiger charge is -2.31. The molecule has 0 atom stereocenters. The summed E-state index contributed by atoms with van der Waals surface area (Å²) in [5, 5.41) is 9.61. The van der Waals surface area contributed by atoms with E-state index in [0.29, 0.717) is 53.3 Å². The van der Waals surface area contributed by atoms with Crippen LogP contribution in [-0.2, 0) is 0 Å². The van der Waals surface area contributed by atoms with Gasteiger partial charge in [-0.25, -0.2) is 4.79 Å². The minimum absolute atomic E-state index is 0.000500. The fourth-order valence-electron chi connectivity index (χ4n) is 3.30. The number of hydrogen-bond donors (Lipinski definition) is 2. The van der Waals surface area contributed by atoms with Crippen LogP contribution in [0.1, 0.15) is 28.2 Å². The van der Waals surface area contributed by atoms with Crippen molar-refractivity contribution in [2.24, 2.45) is 5.92 Å². The lowest BCUT2D eigenvalue weighted by Crippen LogP contribution is -2.42.